The molecule has 1 heterocycles. The molecule has 1 aliphatic heterocycles. The van der Waals surface area contributed by atoms with E-state index in [-0.39, 0.29) is 25.0 Å². The lowest BCUT2D eigenvalue weighted by molar-refractivity contribution is -0.130. The van der Waals surface area contributed by atoms with E-state index in [2.05, 4.69) is 26.6 Å². The molecule has 0 aliphatic carbocycles. The minimum absolute atomic E-state index is 0.0901. The molecule has 5 N–H and O–H groups in total. The van der Waals surface area contributed by atoms with Gasteiger partial charge in [-0.3, -0.25) is 9.59 Å². The molecule has 0 spiro atoms. The average Bonchev–Trinajstić information content (AvgIpc) is 2.43. The average molecular weight is 287 g/mol. The van der Waals surface area contributed by atoms with Crippen molar-refractivity contribution in [2.24, 2.45) is 0 Å². The quantitative estimate of drug-likeness (QED) is 0.326. The van der Waals surface area contributed by atoms with E-state index in [1.807, 2.05) is 0 Å². The third kappa shape index (κ3) is 9.68. The van der Waals surface area contributed by atoms with Crippen LogP contribution in [0.4, 0.5) is 0 Å². The lowest BCUT2D eigenvalue weighted by Crippen LogP contribution is -2.40. The normalized spacial score (nSPS) is 22.2. The summed E-state index contributed by atoms with van der Waals surface area (Å²) >= 11 is 0. The Balaban J connectivity index is 2.20. The third-order valence-electron chi connectivity index (χ3n) is 2.67. The Labute approximate surface area is 119 Å². The highest BCUT2D eigenvalue weighted by atomic mass is 16.5. The number of ether oxygens (including phenoxy) is 1. The Morgan fingerprint density at radius 3 is 1.35 bits per heavy atom. The van der Waals surface area contributed by atoms with Crippen molar-refractivity contribution in [2.45, 2.75) is 0 Å². The number of rotatable bonds is 0. The van der Waals surface area contributed by atoms with Gasteiger partial charge in [-0.15, -0.1) is 0 Å². The SMILES string of the molecule is O=C1COCC(=O)NCCNCCNCCNCCN1. The van der Waals surface area contributed by atoms with Crippen LogP contribution in [0.3, 0.4) is 0 Å². The van der Waals surface area contributed by atoms with E-state index in [1.165, 1.54) is 0 Å². The van der Waals surface area contributed by atoms with Crippen LogP contribution in [-0.4, -0.2) is 77.4 Å². The summed E-state index contributed by atoms with van der Waals surface area (Å²) in [5.41, 5.74) is 0. The molecule has 1 saturated heterocycles. The summed E-state index contributed by atoms with van der Waals surface area (Å²) in [6.45, 7) is 5.85. The predicted molar refractivity (Wildman–Crippen MR) is 75.4 cm³/mol. The molecule has 1 fully saturated rings. The maximum atomic E-state index is 11.4. The highest BCUT2D eigenvalue weighted by Gasteiger charge is 2.04. The van der Waals surface area contributed by atoms with Crippen LogP contribution in [-0.2, 0) is 14.3 Å². The molecule has 0 bridgehead atoms. The third-order valence-corrected chi connectivity index (χ3v) is 2.67. The monoisotopic (exact) mass is 287 g/mol. The van der Waals surface area contributed by atoms with E-state index in [9.17, 15) is 9.59 Å². The Morgan fingerprint density at radius 2 is 0.950 bits per heavy atom. The van der Waals surface area contributed by atoms with E-state index in [0.717, 1.165) is 26.2 Å². The molecular weight excluding hydrogens is 262 g/mol. The van der Waals surface area contributed by atoms with Gasteiger partial charge in [-0.1, -0.05) is 0 Å². The maximum Gasteiger partial charge on any atom is 0.246 e. The molecular formula is C12H25N5O3. The molecule has 0 unspecified atom stereocenters. The number of amides is 2. The zero-order valence-corrected chi connectivity index (χ0v) is 11.8. The first-order valence-electron chi connectivity index (χ1n) is 7.02. The largest absolute Gasteiger partial charge is 0.362 e. The fraction of sp³-hybridized carbons (Fsp3) is 0.833. The minimum Gasteiger partial charge on any atom is -0.362 e. The fourth-order valence-electron chi connectivity index (χ4n) is 1.65. The Bertz CT molecular complexity index is 262. The first-order chi connectivity index (χ1) is 9.79. The van der Waals surface area contributed by atoms with E-state index in [1.54, 1.807) is 0 Å². The van der Waals surface area contributed by atoms with Gasteiger partial charge < -0.3 is 31.3 Å². The summed E-state index contributed by atoms with van der Waals surface area (Å²) in [4.78, 5) is 22.7. The van der Waals surface area contributed by atoms with Crippen molar-refractivity contribution in [1.82, 2.24) is 26.6 Å². The summed E-state index contributed by atoms with van der Waals surface area (Å²) < 4.78 is 5.03. The van der Waals surface area contributed by atoms with Crippen molar-refractivity contribution >= 4 is 11.8 Å². The molecule has 116 valence electrons. The summed E-state index contributed by atoms with van der Waals surface area (Å²) in [5.74, 6) is -0.416. The van der Waals surface area contributed by atoms with Crippen molar-refractivity contribution in [1.29, 1.82) is 0 Å². The van der Waals surface area contributed by atoms with Gasteiger partial charge in [0.25, 0.3) is 0 Å². The van der Waals surface area contributed by atoms with Crippen LogP contribution >= 0.6 is 0 Å². The first-order valence-corrected chi connectivity index (χ1v) is 7.02. The van der Waals surface area contributed by atoms with Gasteiger partial charge in [-0.05, 0) is 0 Å². The number of hydrogen-bond donors (Lipinski definition) is 5. The minimum atomic E-state index is -0.208. The Kier molecular flexibility index (Phi) is 9.76. The molecule has 0 aromatic carbocycles. The van der Waals surface area contributed by atoms with Gasteiger partial charge in [-0.25, -0.2) is 0 Å². The van der Waals surface area contributed by atoms with E-state index in [0.29, 0.717) is 26.2 Å². The van der Waals surface area contributed by atoms with Crippen LogP contribution in [0.25, 0.3) is 0 Å². The van der Waals surface area contributed by atoms with Crippen molar-refractivity contribution in [3.63, 3.8) is 0 Å². The molecule has 1 aliphatic rings. The number of carbonyl (C=O) groups excluding carboxylic acids is 2. The van der Waals surface area contributed by atoms with Crippen molar-refractivity contribution in [3.8, 4) is 0 Å². The van der Waals surface area contributed by atoms with Crippen LogP contribution < -0.4 is 26.6 Å². The Hall–Kier alpha value is -1.22. The number of carbonyl (C=O) groups is 2. The maximum absolute atomic E-state index is 11.4. The zero-order chi connectivity index (χ0) is 14.5. The highest BCUT2D eigenvalue weighted by molar-refractivity contribution is 5.79. The molecule has 0 aromatic rings. The molecule has 20 heavy (non-hydrogen) atoms. The van der Waals surface area contributed by atoms with Crippen LogP contribution in [0.1, 0.15) is 0 Å². The number of nitrogens with one attached hydrogen (secondary N) is 5. The van der Waals surface area contributed by atoms with Gasteiger partial charge in [0.1, 0.15) is 13.2 Å². The number of hydrogen-bond acceptors (Lipinski definition) is 6. The van der Waals surface area contributed by atoms with Crippen molar-refractivity contribution < 1.29 is 14.3 Å². The van der Waals surface area contributed by atoms with Crippen LogP contribution in [0.2, 0.25) is 0 Å². The van der Waals surface area contributed by atoms with Gasteiger partial charge in [0.2, 0.25) is 11.8 Å². The molecule has 1 rings (SSSR count). The van der Waals surface area contributed by atoms with Gasteiger partial charge in [0.15, 0.2) is 0 Å². The molecule has 0 radical (unpaired) electrons. The Morgan fingerprint density at radius 1 is 0.600 bits per heavy atom. The van der Waals surface area contributed by atoms with E-state index < -0.39 is 0 Å². The second-order valence-electron chi connectivity index (χ2n) is 4.44. The molecule has 2 amide bonds. The molecule has 8 nitrogen and oxygen atoms in total. The lowest BCUT2D eigenvalue weighted by atomic mass is 10.5. The van der Waals surface area contributed by atoms with Gasteiger partial charge >= 0.3 is 0 Å². The highest BCUT2D eigenvalue weighted by Crippen LogP contribution is 1.77. The zero-order valence-electron chi connectivity index (χ0n) is 11.8. The van der Waals surface area contributed by atoms with E-state index in [4.69, 9.17) is 4.74 Å². The molecule has 0 aromatic heterocycles. The fourth-order valence-corrected chi connectivity index (χ4v) is 1.65. The lowest BCUT2D eigenvalue weighted by Gasteiger charge is -2.10. The van der Waals surface area contributed by atoms with Gasteiger partial charge in [0.05, 0.1) is 0 Å². The summed E-state index contributed by atoms with van der Waals surface area (Å²) in [7, 11) is 0. The van der Waals surface area contributed by atoms with E-state index >= 15 is 0 Å². The smallest absolute Gasteiger partial charge is 0.246 e. The molecule has 8 heteroatoms. The van der Waals surface area contributed by atoms with Crippen molar-refractivity contribution in [2.75, 3.05) is 65.6 Å². The van der Waals surface area contributed by atoms with Crippen molar-refractivity contribution in [3.05, 3.63) is 0 Å². The second kappa shape index (κ2) is 11.6. The first kappa shape index (κ1) is 16.8. The summed E-state index contributed by atoms with van der Waals surface area (Å²) in [6.07, 6.45) is 0. The predicted octanol–water partition coefficient (Wildman–Crippen LogP) is -2.98. The van der Waals surface area contributed by atoms with Crippen LogP contribution in [0.15, 0.2) is 0 Å². The van der Waals surface area contributed by atoms with Gasteiger partial charge in [-0.2, -0.15) is 0 Å². The summed E-state index contributed by atoms with van der Waals surface area (Å²) in [5, 5.41) is 15.1. The standard InChI is InChI=1S/C12H25N5O3/c18-11-9-20-10-12(19)17-8-6-15-4-2-13-1-3-14-5-7-16-11/h13-15H,1-10H2,(H,16,18)(H,17,19). The van der Waals surface area contributed by atoms with Gasteiger partial charge in [0, 0.05) is 52.4 Å². The van der Waals surface area contributed by atoms with Crippen LogP contribution in [0.5, 0.6) is 0 Å². The second-order valence-corrected chi connectivity index (χ2v) is 4.44. The molecule has 0 saturated carbocycles. The van der Waals surface area contributed by atoms with Crippen LogP contribution in [0, 0.1) is 0 Å². The topological polar surface area (TPSA) is 104 Å². The molecule has 0 atom stereocenters. The summed E-state index contributed by atoms with van der Waals surface area (Å²) in [6, 6.07) is 0.